The van der Waals surface area contributed by atoms with Crippen molar-refractivity contribution in [2.24, 2.45) is 0 Å². The molecule has 0 bridgehead atoms. The lowest BCUT2D eigenvalue weighted by Crippen LogP contribution is -2.28. The summed E-state index contributed by atoms with van der Waals surface area (Å²) in [5, 5.41) is 6.63. The average molecular weight is 283 g/mol. The zero-order valence-electron chi connectivity index (χ0n) is 11.0. The molecule has 4 nitrogen and oxygen atoms in total. The van der Waals surface area contributed by atoms with Crippen molar-refractivity contribution in [1.82, 2.24) is 10.6 Å². The zero-order valence-corrected chi connectivity index (χ0v) is 11.8. The first-order valence-corrected chi connectivity index (χ1v) is 6.98. The number of carbonyl (C=O) groups excluding carboxylic acids is 1. The minimum atomic E-state index is -0.141. The maximum atomic E-state index is 11.3. The van der Waals surface area contributed by atoms with Crippen LogP contribution in [-0.4, -0.2) is 25.1 Å². The van der Waals surface area contributed by atoms with E-state index < -0.39 is 0 Å². The predicted molar refractivity (Wildman–Crippen MR) is 75.5 cm³/mol. The summed E-state index contributed by atoms with van der Waals surface area (Å²) in [6.45, 7) is 3.28. The van der Waals surface area contributed by atoms with Gasteiger partial charge in [-0.1, -0.05) is 17.7 Å². The molecule has 2 N–H and O–H groups in total. The van der Waals surface area contributed by atoms with Crippen LogP contribution in [0.2, 0.25) is 5.02 Å². The van der Waals surface area contributed by atoms with Gasteiger partial charge in [-0.05, 0) is 37.5 Å². The van der Waals surface area contributed by atoms with Crippen LogP contribution in [0.25, 0.3) is 0 Å². The van der Waals surface area contributed by atoms with Crippen LogP contribution in [0.3, 0.4) is 0 Å². The Labute approximate surface area is 118 Å². The third-order valence-corrected chi connectivity index (χ3v) is 3.20. The van der Waals surface area contributed by atoms with Crippen LogP contribution in [-0.2, 0) is 11.3 Å². The van der Waals surface area contributed by atoms with Gasteiger partial charge in [-0.25, -0.2) is 0 Å². The third kappa shape index (κ3) is 4.73. The fourth-order valence-corrected chi connectivity index (χ4v) is 1.97. The number of amides is 1. The topological polar surface area (TPSA) is 50.4 Å². The number of benzene rings is 1. The first-order valence-electron chi connectivity index (χ1n) is 6.60. The summed E-state index contributed by atoms with van der Waals surface area (Å²) < 4.78 is 5.38. The van der Waals surface area contributed by atoms with Crippen LogP contribution >= 0.6 is 11.6 Å². The maximum Gasteiger partial charge on any atom is 0.257 e. The highest BCUT2D eigenvalue weighted by Gasteiger charge is 2.20. The SMILES string of the molecule is CCNC(=O)COc1ccc(CNC2CC2)cc1Cl. The van der Waals surface area contributed by atoms with E-state index in [1.54, 1.807) is 0 Å². The lowest BCUT2D eigenvalue weighted by molar-refractivity contribution is -0.122. The van der Waals surface area contributed by atoms with Gasteiger partial charge in [-0.15, -0.1) is 0 Å². The van der Waals surface area contributed by atoms with Crippen LogP contribution in [0.1, 0.15) is 25.3 Å². The Kier molecular flexibility index (Phi) is 5.05. The first-order chi connectivity index (χ1) is 9.19. The molecule has 0 saturated heterocycles. The molecule has 0 aliphatic heterocycles. The molecule has 1 saturated carbocycles. The van der Waals surface area contributed by atoms with Crippen LogP contribution in [0, 0.1) is 0 Å². The van der Waals surface area contributed by atoms with E-state index in [1.165, 1.54) is 12.8 Å². The van der Waals surface area contributed by atoms with E-state index in [0.29, 0.717) is 23.4 Å². The molecular formula is C14H19ClN2O2. The van der Waals surface area contributed by atoms with E-state index in [0.717, 1.165) is 12.1 Å². The van der Waals surface area contributed by atoms with E-state index >= 15 is 0 Å². The summed E-state index contributed by atoms with van der Waals surface area (Å²) in [7, 11) is 0. The third-order valence-electron chi connectivity index (χ3n) is 2.90. The lowest BCUT2D eigenvalue weighted by atomic mass is 10.2. The first kappa shape index (κ1) is 14.2. The molecule has 1 aromatic rings. The minimum absolute atomic E-state index is 0.00672. The highest BCUT2D eigenvalue weighted by atomic mass is 35.5. The van der Waals surface area contributed by atoms with Crippen LogP contribution < -0.4 is 15.4 Å². The molecule has 0 spiro atoms. The molecule has 0 heterocycles. The second-order valence-electron chi connectivity index (χ2n) is 4.66. The Morgan fingerprint density at radius 3 is 2.89 bits per heavy atom. The smallest absolute Gasteiger partial charge is 0.257 e. The summed E-state index contributed by atoms with van der Waals surface area (Å²) in [6, 6.07) is 6.33. The molecule has 104 valence electrons. The Morgan fingerprint density at radius 2 is 2.26 bits per heavy atom. The molecule has 1 aromatic carbocycles. The molecule has 1 aliphatic rings. The molecular weight excluding hydrogens is 264 g/mol. The number of ether oxygens (including phenoxy) is 1. The summed E-state index contributed by atoms with van der Waals surface area (Å²) in [5.74, 6) is 0.404. The molecule has 2 rings (SSSR count). The van der Waals surface area contributed by atoms with Crippen LogP contribution in [0.4, 0.5) is 0 Å². The van der Waals surface area contributed by atoms with Gasteiger partial charge >= 0.3 is 0 Å². The Bertz CT molecular complexity index is 447. The molecule has 1 amide bonds. The largest absolute Gasteiger partial charge is 0.482 e. The Morgan fingerprint density at radius 1 is 1.47 bits per heavy atom. The van der Waals surface area contributed by atoms with Crippen molar-refractivity contribution in [3.05, 3.63) is 28.8 Å². The average Bonchev–Trinajstić information content (AvgIpc) is 3.19. The number of carbonyl (C=O) groups is 1. The van der Waals surface area contributed by atoms with Gasteiger partial charge in [0.2, 0.25) is 0 Å². The van der Waals surface area contributed by atoms with E-state index in [1.807, 2.05) is 25.1 Å². The second kappa shape index (κ2) is 6.78. The highest BCUT2D eigenvalue weighted by molar-refractivity contribution is 6.32. The van der Waals surface area contributed by atoms with Gasteiger partial charge in [0.1, 0.15) is 5.75 Å². The number of hydrogen-bond donors (Lipinski definition) is 2. The van der Waals surface area contributed by atoms with E-state index in [4.69, 9.17) is 16.3 Å². The van der Waals surface area contributed by atoms with Gasteiger partial charge in [0.15, 0.2) is 6.61 Å². The molecule has 19 heavy (non-hydrogen) atoms. The monoisotopic (exact) mass is 282 g/mol. The summed E-state index contributed by atoms with van der Waals surface area (Å²) in [6.07, 6.45) is 2.53. The van der Waals surface area contributed by atoms with Gasteiger partial charge in [0.05, 0.1) is 5.02 Å². The molecule has 0 radical (unpaired) electrons. The number of hydrogen-bond acceptors (Lipinski definition) is 3. The molecule has 0 atom stereocenters. The second-order valence-corrected chi connectivity index (χ2v) is 5.07. The molecule has 1 aliphatic carbocycles. The van der Waals surface area contributed by atoms with Crippen LogP contribution in [0.5, 0.6) is 5.75 Å². The fraction of sp³-hybridized carbons (Fsp3) is 0.500. The normalized spacial score (nSPS) is 14.2. The number of halogens is 1. The highest BCUT2D eigenvalue weighted by Crippen LogP contribution is 2.26. The van der Waals surface area contributed by atoms with Gasteiger partial charge in [-0.2, -0.15) is 0 Å². The molecule has 0 unspecified atom stereocenters. The Hall–Kier alpha value is -1.26. The molecule has 0 aromatic heterocycles. The van der Waals surface area contributed by atoms with E-state index in [9.17, 15) is 4.79 Å². The quantitative estimate of drug-likeness (QED) is 0.805. The fourth-order valence-electron chi connectivity index (χ4n) is 1.71. The summed E-state index contributed by atoms with van der Waals surface area (Å²) in [5.41, 5.74) is 1.13. The minimum Gasteiger partial charge on any atom is -0.482 e. The van der Waals surface area contributed by atoms with Crippen molar-refractivity contribution >= 4 is 17.5 Å². The predicted octanol–water partition coefficient (Wildman–Crippen LogP) is 2.11. The van der Waals surface area contributed by atoms with Crippen molar-refractivity contribution in [3.63, 3.8) is 0 Å². The van der Waals surface area contributed by atoms with Crippen molar-refractivity contribution < 1.29 is 9.53 Å². The Balaban J connectivity index is 1.84. The number of rotatable bonds is 7. The van der Waals surface area contributed by atoms with E-state index in [2.05, 4.69) is 10.6 Å². The lowest BCUT2D eigenvalue weighted by Gasteiger charge is -2.10. The van der Waals surface area contributed by atoms with Crippen LogP contribution in [0.15, 0.2) is 18.2 Å². The zero-order chi connectivity index (χ0) is 13.7. The summed E-state index contributed by atoms with van der Waals surface area (Å²) in [4.78, 5) is 11.3. The van der Waals surface area contributed by atoms with Crippen molar-refractivity contribution in [2.75, 3.05) is 13.2 Å². The van der Waals surface area contributed by atoms with Gasteiger partial charge in [0, 0.05) is 19.1 Å². The summed E-state index contributed by atoms with van der Waals surface area (Å²) >= 11 is 6.14. The van der Waals surface area contributed by atoms with Crippen molar-refractivity contribution in [2.45, 2.75) is 32.4 Å². The maximum absolute atomic E-state index is 11.3. The van der Waals surface area contributed by atoms with Crippen molar-refractivity contribution in [3.8, 4) is 5.75 Å². The van der Waals surface area contributed by atoms with E-state index in [-0.39, 0.29) is 12.5 Å². The molecule has 5 heteroatoms. The van der Waals surface area contributed by atoms with Gasteiger partial charge < -0.3 is 15.4 Å². The number of nitrogens with one attached hydrogen (secondary N) is 2. The van der Waals surface area contributed by atoms with Gasteiger partial charge in [0.25, 0.3) is 5.91 Å². The number of likely N-dealkylation sites (N-methyl/N-ethyl adjacent to an activating group) is 1. The van der Waals surface area contributed by atoms with Crippen molar-refractivity contribution in [1.29, 1.82) is 0 Å². The molecule has 1 fully saturated rings. The van der Waals surface area contributed by atoms with Gasteiger partial charge in [-0.3, -0.25) is 4.79 Å². The standard InChI is InChI=1S/C14H19ClN2O2/c1-2-16-14(18)9-19-13-6-3-10(7-12(13)15)8-17-11-4-5-11/h3,6-7,11,17H,2,4-5,8-9H2,1H3,(H,16,18).